The molecule has 0 radical (unpaired) electrons. The molecule has 1 saturated heterocycles. The number of ether oxygens (including phenoxy) is 1. The van der Waals surface area contributed by atoms with Gasteiger partial charge in [-0.15, -0.1) is 0 Å². The Balaban J connectivity index is 1.43. The van der Waals surface area contributed by atoms with Crippen LogP contribution in [0.4, 0.5) is 4.79 Å². The van der Waals surface area contributed by atoms with Crippen LogP contribution in [-0.2, 0) is 16.1 Å². The zero-order valence-electron chi connectivity index (χ0n) is 16.9. The number of carbonyl (C=O) groups is 2. The Morgan fingerprint density at radius 2 is 1.97 bits per heavy atom. The summed E-state index contributed by atoms with van der Waals surface area (Å²) in [5.41, 5.74) is 2.07. The summed E-state index contributed by atoms with van der Waals surface area (Å²) in [6.07, 6.45) is -0.225. The topological polar surface area (TPSA) is 101 Å². The standard InChI is InChI=1S/C20H27N5O4/c1-3-28-20(27)21-9-8-18(26)25-12-10-24(11-13-25)14-17-22-19(23-29-17)16-7-5-4-6-15(16)2/h4-7H,3,8-14H2,1-2H3,(H,21,27). The van der Waals surface area contributed by atoms with Gasteiger partial charge in [-0.3, -0.25) is 9.69 Å². The first-order valence-electron chi connectivity index (χ1n) is 9.86. The van der Waals surface area contributed by atoms with Crippen LogP contribution in [0, 0.1) is 6.92 Å². The number of benzene rings is 1. The fourth-order valence-electron chi connectivity index (χ4n) is 3.21. The van der Waals surface area contributed by atoms with Gasteiger partial charge in [0.25, 0.3) is 0 Å². The molecule has 29 heavy (non-hydrogen) atoms. The molecule has 9 heteroatoms. The second-order valence-electron chi connectivity index (χ2n) is 6.88. The third-order valence-electron chi connectivity index (χ3n) is 4.82. The second-order valence-corrected chi connectivity index (χ2v) is 6.88. The molecule has 0 atom stereocenters. The highest BCUT2D eigenvalue weighted by atomic mass is 16.5. The van der Waals surface area contributed by atoms with Crippen LogP contribution in [0.15, 0.2) is 28.8 Å². The molecule has 0 saturated carbocycles. The van der Waals surface area contributed by atoms with Crippen LogP contribution in [0.1, 0.15) is 24.8 Å². The number of nitrogens with zero attached hydrogens (tertiary/aromatic N) is 4. The average Bonchev–Trinajstić information content (AvgIpc) is 3.17. The molecule has 2 aromatic rings. The fourth-order valence-corrected chi connectivity index (χ4v) is 3.21. The van der Waals surface area contributed by atoms with Crippen molar-refractivity contribution in [1.29, 1.82) is 0 Å². The molecular formula is C20H27N5O4. The lowest BCUT2D eigenvalue weighted by molar-refractivity contribution is -0.132. The van der Waals surface area contributed by atoms with Gasteiger partial charge in [0.2, 0.25) is 17.6 Å². The second kappa shape index (κ2) is 10.0. The predicted molar refractivity (Wildman–Crippen MR) is 106 cm³/mol. The minimum absolute atomic E-state index is 0.0288. The van der Waals surface area contributed by atoms with Crippen LogP contribution in [0.3, 0.4) is 0 Å². The number of rotatable bonds is 7. The number of hydrogen-bond donors (Lipinski definition) is 1. The highest BCUT2D eigenvalue weighted by Crippen LogP contribution is 2.20. The maximum Gasteiger partial charge on any atom is 0.407 e. The smallest absolute Gasteiger partial charge is 0.407 e. The molecule has 0 spiro atoms. The highest BCUT2D eigenvalue weighted by Gasteiger charge is 2.22. The van der Waals surface area contributed by atoms with E-state index < -0.39 is 6.09 Å². The van der Waals surface area contributed by atoms with Crippen molar-refractivity contribution in [2.75, 3.05) is 39.3 Å². The summed E-state index contributed by atoms with van der Waals surface area (Å²) in [6.45, 7) is 7.65. The number of amides is 2. The number of carbonyl (C=O) groups excluding carboxylic acids is 2. The summed E-state index contributed by atoms with van der Waals surface area (Å²) in [6, 6.07) is 7.93. The third kappa shape index (κ3) is 5.77. The molecule has 1 aromatic carbocycles. The molecule has 2 amide bonds. The quantitative estimate of drug-likeness (QED) is 0.755. The van der Waals surface area contributed by atoms with Gasteiger partial charge in [-0.05, 0) is 19.4 Å². The Morgan fingerprint density at radius 3 is 2.69 bits per heavy atom. The van der Waals surface area contributed by atoms with E-state index in [-0.39, 0.29) is 18.9 Å². The Labute approximate surface area is 170 Å². The Morgan fingerprint density at radius 1 is 1.21 bits per heavy atom. The van der Waals surface area contributed by atoms with Crippen molar-refractivity contribution in [2.45, 2.75) is 26.8 Å². The summed E-state index contributed by atoms with van der Waals surface area (Å²) in [4.78, 5) is 32.0. The van der Waals surface area contributed by atoms with Gasteiger partial charge in [-0.25, -0.2) is 4.79 Å². The molecule has 1 fully saturated rings. The van der Waals surface area contributed by atoms with E-state index in [4.69, 9.17) is 9.26 Å². The van der Waals surface area contributed by atoms with Crippen molar-refractivity contribution in [3.8, 4) is 11.4 Å². The summed E-state index contributed by atoms with van der Waals surface area (Å²) in [5, 5.41) is 6.66. The van der Waals surface area contributed by atoms with Crippen LogP contribution < -0.4 is 5.32 Å². The highest BCUT2D eigenvalue weighted by molar-refractivity contribution is 5.77. The number of hydrogen-bond acceptors (Lipinski definition) is 7. The van der Waals surface area contributed by atoms with Crippen LogP contribution in [0.2, 0.25) is 0 Å². The minimum atomic E-state index is -0.491. The number of aromatic nitrogens is 2. The normalized spacial score (nSPS) is 14.6. The van der Waals surface area contributed by atoms with Gasteiger partial charge >= 0.3 is 6.09 Å². The van der Waals surface area contributed by atoms with Crippen molar-refractivity contribution in [3.63, 3.8) is 0 Å². The van der Waals surface area contributed by atoms with Gasteiger partial charge in [0, 0.05) is 44.7 Å². The van der Waals surface area contributed by atoms with E-state index in [1.165, 1.54) is 0 Å². The van der Waals surface area contributed by atoms with Gasteiger partial charge in [-0.2, -0.15) is 4.98 Å². The van der Waals surface area contributed by atoms with Gasteiger partial charge < -0.3 is 19.5 Å². The lowest BCUT2D eigenvalue weighted by Crippen LogP contribution is -2.48. The van der Waals surface area contributed by atoms with E-state index in [0.29, 0.717) is 38.0 Å². The number of nitrogens with one attached hydrogen (secondary N) is 1. The van der Waals surface area contributed by atoms with Crippen molar-refractivity contribution < 1.29 is 18.8 Å². The first-order valence-corrected chi connectivity index (χ1v) is 9.86. The van der Waals surface area contributed by atoms with Gasteiger partial charge in [0.15, 0.2) is 0 Å². The maximum atomic E-state index is 12.3. The van der Waals surface area contributed by atoms with E-state index in [2.05, 4.69) is 20.4 Å². The summed E-state index contributed by atoms with van der Waals surface area (Å²) in [5.74, 6) is 1.20. The summed E-state index contributed by atoms with van der Waals surface area (Å²) in [7, 11) is 0. The molecule has 0 unspecified atom stereocenters. The zero-order chi connectivity index (χ0) is 20.6. The first kappa shape index (κ1) is 20.8. The minimum Gasteiger partial charge on any atom is -0.450 e. The molecule has 1 N–H and O–H groups in total. The van der Waals surface area contributed by atoms with Crippen molar-refractivity contribution in [2.24, 2.45) is 0 Å². The van der Waals surface area contributed by atoms with Crippen molar-refractivity contribution in [3.05, 3.63) is 35.7 Å². The van der Waals surface area contributed by atoms with Crippen LogP contribution in [0.25, 0.3) is 11.4 Å². The van der Waals surface area contributed by atoms with Gasteiger partial charge in [0.1, 0.15) is 0 Å². The van der Waals surface area contributed by atoms with E-state index >= 15 is 0 Å². The van der Waals surface area contributed by atoms with Gasteiger partial charge in [0.05, 0.1) is 13.2 Å². The lowest BCUT2D eigenvalue weighted by Gasteiger charge is -2.34. The first-order chi connectivity index (χ1) is 14.1. The Bertz CT molecular complexity index is 830. The molecule has 156 valence electrons. The zero-order valence-corrected chi connectivity index (χ0v) is 16.9. The SMILES string of the molecule is CCOC(=O)NCCC(=O)N1CCN(Cc2nc(-c3ccccc3C)no2)CC1. The van der Waals surface area contributed by atoms with Crippen LogP contribution in [-0.4, -0.2) is 71.3 Å². The van der Waals surface area contributed by atoms with E-state index in [9.17, 15) is 9.59 Å². The molecule has 1 aliphatic heterocycles. The number of alkyl carbamates (subject to hydrolysis) is 1. The van der Waals surface area contributed by atoms with E-state index in [1.54, 1.807) is 6.92 Å². The van der Waals surface area contributed by atoms with Gasteiger partial charge in [-0.1, -0.05) is 29.4 Å². The largest absolute Gasteiger partial charge is 0.450 e. The maximum absolute atomic E-state index is 12.3. The van der Waals surface area contributed by atoms with Crippen LogP contribution in [0.5, 0.6) is 0 Å². The summed E-state index contributed by atoms with van der Waals surface area (Å²) < 4.78 is 10.2. The Hall–Kier alpha value is -2.94. The molecule has 2 heterocycles. The molecule has 9 nitrogen and oxygen atoms in total. The molecule has 3 rings (SSSR count). The Kier molecular flexibility index (Phi) is 7.18. The molecule has 0 aliphatic carbocycles. The monoisotopic (exact) mass is 401 g/mol. The fraction of sp³-hybridized carbons (Fsp3) is 0.500. The molecular weight excluding hydrogens is 374 g/mol. The van der Waals surface area contributed by atoms with Crippen molar-refractivity contribution >= 4 is 12.0 Å². The molecule has 0 bridgehead atoms. The predicted octanol–water partition coefficient (Wildman–Crippen LogP) is 1.83. The average molecular weight is 401 g/mol. The molecule has 1 aromatic heterocycles. The van der Waals surface area contributed by atoms with Crippen LogP contribution >= 0.6 is 0 Å². The third-order valence-corrected chi connectivity index (χ3v) is 4.82. The van der Waals surface area contributed by atoms with E-state index in [1.807, 2.05) is 36.1 Å². The van der Waals surface area contributed by atoms with Crippen molar-refractivity contribution in [1.82, 2.24) is 25.3 Å². The number of aryl methyl sites for hydroxylation is 1. The summed E-state index contributed by atoms with van der Waals surface area (Å²) >= 11 is 0. The lowest BCUT2D eigenvalue weighted by atomic mass is 10.1. The van der Waals surface area contributed by atoms with E-state index in [0.717, 1.165) is 24.2 Å². The molecule has 1 aliphatic rings. The number of piperazine rings is 1.